The van der Waals surface area contributed by atoms with Crippen molar-refractivity contribution in [3.63, 3.8) is 0 Å². The minimum atomic E-state index is 0.268. The van der Waals surface area contributed by atoms with Gasteiger partial charge >= 0.3 is 0 Å². The lowest BCUT2D eigenvalue weighted by atomic mass is 9.96. The first-order valence-corrected chi connectivity index (χ1v) is 9.17. The van der Waals surface area contributed by atoms with Crippen molar-refractivity contribution in [3.05, 3.63) is 46.7 Å². The molecular weight excluding hydrogens is 314 g/mol. The van der Waals surface area contributed by atoms with Crippen molar-refractivity contribution in [2.75, 3.05) is 13.1 Å². The fourth-order valence-corrected chi connectivity index (χ4v) is 3.41. The molecule has 5 heteroatoms. The van der Waals surface area contributed by atoms with Crippen LogP contribution in [0.15, 0.2) is 22.6 Å². The van der Waals surface area contributed by atoms with Gasteiger partial charge in [0, 0.05) is 32.4 Å². The lowest BCUT2D eigenvalue weighted by Crippen LogP contribution is -2.37. The molecule has 0 atom stereocenters. The van der Waals surface area contributed by atoms with E-state index >= 15 is 0 Å². The van der Waals surface area contributed by atoms with Crippen molar-refractivity contribution in [2.24, 2.45) is 0 Å². The van der Waals surface area contributed by atoms with E-state index in [4.69, 9.17) is 4.42 Å². The second-order valence-electron chi connectivity index (χ2n) is 7.09. The summed E-state index contributed by atoms with van der Waals surface area (Å²) in [5.74, 6) is 1.89. The smallest absolute Gasteiger partial charge is 0.222 e. The molecule has 1 aliphatic rings. The zero-order valence-electron chi connectivity index (χ0n) is 15.4. The van der Waals surface area contributed by atoms with Gasteiger partial charge in [0.15, 0.2) is 0 Å². The lowest BCUT2D eigenvalue weighted by molar-refractivity contribution is -0.132. The number of carbonyl (C=O) groups excluding carboxylic acids is 1. The molecule has 1 aromatic heterocycles. The molecule has 0 radical (unpaired) electrons. The van der Waals surface area contributed by atoms with Crippen LogP contribution >= 0.6 is 0 Å². The van der Waals surface area contributed by atoms with E-state index in [1.165, 1.54) is 16.7 Å². The molecule has 0 bridgehead atoms. The normalized spacial score (nSPS) is 15.6. The van der Waals surface area contributed by atoms with Gasteiger partial charge in [0.05, 0.1) is 0 Å². The number of amides is 1. The first-order chi connectivity index (χ1) is 12.0. The molecule has 1 saturated heterocycles. The van der Waals surface area contributed by atoms with Crippen LogP contribution in [0.5, 0.6) is 0 Å². The van der Waals surface area contributed by atoms with Crippen LogP contribution in [0.4, 0.5) is 0 Å². The monoisotopic (exact) mass is 341 g/mol. The minimum Gasteiger partial charge on any atom is -0.425 e. The Morgan fingerprint density at radius 2 is 1.92 bits per heavy atom. The van der Waals surface area contributed by atoms with Gasteiger partial charge in [0.1, 0.15) is 0 Å². The van der Waals surface area contributed by atoms with Crippen molar-refractivity contribution in [3.8, 4) is 0 Å². The molecule has 0 unspecified atom stereocenters. The van der Waals surface area contributed by atoms with Gasteiger partial charge in [-0.25, -0.2) is 0 Å². The number of hydrogen-bond donors (Lipinski definition) is 0. The zero-order chi connectivity index (χ0) is 17.8. The molecule has 2 heterocycles. The summed E-state index contributed by atoms with van der Waals surface area (Å²) in [5.41, 5.74) is 3.96. The van der Waals surface area contributed by atoms with Crippen LogP contribution in [0.25, 0.3) is 0 Å². The van der Waals surface area contributed by atoms with Gasteiger partial charge in [0.2, 0.25) is 17.7 Å². The van der Waals surface area contributed by atoms with Crippen LogP contribution in [0.2, 0.25) is 0 Å². The summed E-state index contributed by atoms with van der Waals surface area (Å²) >= 11 is 0. The number of likely N-dealkylation sites (tertiary alicyclic amines) is 1. The molecule has 0 N–H and O–H groups in total. The molecule has 1 aromatic carbocycles. The average molecular weight is 341 g/mol. The fraction of sp³-hybridized carbons (Fsp3) is 0.550. The van der Waals surface area contributed by atoms with E-state index in [9.17, 15) is 4.79 Å². The van der Waals surface area contributed by atoms with Crippen molar-refractivity contribution < 1.29 is 9.21 Å². The van der Waals surface area contributed by atoms with Gasteiger partial charge in [-0.2, -0.15) is 0 Å². The van der Waals surface area contributed by atoms with E-state index in [1.807, 2.05) is 11.8 Å². The molecule has 25 heavy (non-hydrogen) atoms. The van der Waals surface area contributed by atoms with E-state index in [2.05, 4.69) is 42.2 Å². The number of aromatic nitrogens is 2. The highest BCUT2D eigenvalue weighted by Gasteiger charge is 2.26. The second kappa shape index (κ2) is 7.81. The Labute approximate surface area is 149 Å². The molecule has 3 rings (SSSR count). The zero-order valence-corrected chi connectivity index (χ0v) is 15.4. The fourth-order valence-electron chi connectivity index (χ4n) is 3.41. The number of piperidine rings is 1. The van der Waals surface area contributed by atoms with Gasteiger partial charge in [-0.05, 0) is 56.2 Å². The third kappa shape index (κ3) is 4.47. The highest BCUT2D eigenvalue weighted by Crippen LogP contribution is 2.27. The molecule has 0 saturated carbocycles. The highest BCUT2D eigenvalue weighted by atomic mass is 16.4. The van der Waals surface area contributed by atoms with Gasteiger partial charge in [-0.1, -0.05) is 18.2 Å². The van der Waals surface area contributed by atoms with E-state index in [-0.39, 0.29) is 5.91 Å². The Hall–Kier alpha value is -2.17. The van der Waals surface area contributed by atoms with Crippen LogP contribution in [0.1, 0.15) is 60.1 Å². The number of rotatable bonds is 5. The third-order valence-electron chi connectivity index (χ3n) is 5.17. The molecule has 134 valence electrons. The largest absolute Gasteiger partial charge is 0.425 e. The van der Waals surface area contributed by atoms with E-state index in [1.54, 1.807) is 0 Å². The van der Waals surface area contributed by atoms with Crippen LogP contribution < -0.4 is 0 Å². The summed E-state index contributed by atoms with van der Waals surface area (Å²) in [4.78, 5) is 14.4. The number of carbonyl (C=O) groups is 1. The predicted octanol–water partition coefficient (Wildman–Crippen LogP) is 3.72. The van der Waals surface area contributed by atoms with E-state index < -0.39 is 0 Å². The summed E-state index contributed by atoms with van der Waals surface area (Å²) in [5, 5.41) is 8.02. The highest BCUT2D eigenvalue weighted by molar-refractivity contribution is 5.76. The number of nitrogens with zero attached hydrogens (tertiary/aromatic N) is 3. The summed E-state index contributed by atoms with van der Waals surface area (Å²) in [7, 11) is 0. The van der Waals surface area contributed by atoms with Crippen LogP contribution in [-0.2, 0) is 11.2 Å². The molecule has 1 amide bonds. The molecule has 1 aliphatic heterocycles. The number of hydrogen-bond acceptors (Lipinski definition) is 4. The molecule has 2 aromatic rings. The quantitative estimate of drug-likeness (QED) is 0.831. The maximum atomic E-state index is 12.4. The molecule has 5 nitrogen and oxygen atoms in total. The van der Waals surface area contributed by atoms with Gasteiger partial charge < -0.3 is 9.32 Å². The maximum Gasteiger partial charge on any atom is 0.222 e. The summed E-state index contributed by atoms with van der Waals surface area (Å²) < 4.78 is 5.52. The SMILES string of the molecule is Cc1nnc(C2CCN(C(=O)CCCc3ccc(C)c(C)c3)CC2)o1. The Balaban J connectivity index is 1.42. The Morgan fingerprint density at radius 3 is 2.56 bits per heavy atom. The van der Waals surface area contributed by atoms with Crippen molar-refractivity contribution in [2.45, 2.75) is 58.8 Å². The second-order valence-corrected chi connectivity index (χ2v) is 7.09. The standard InChI is InChI=1S/C20H27N3O2/c1-14-7-8-17(13-15(14)2)5-4-6-19(24)23-11-9-18(10-12-23)20-22-21-16(3)25-20/h7-8,13,18H,4-6,9-12H2,1-3H3. The maximum absolute atomic E-state index is 12.4. The Kier molecular flexibility index (Phi) is 5.51. The van der Waals surface area contributed by atoms with Crippen LogP contribution in [-0.4, -0.2) is 34.1 Å². The minimum absolute atomic E-state index is 0.268. The van der Waals surface area contributed by atoms with Crippen molar-refractivity contribution in [1.29, 1.82) is 0 Å². The van der Waals surface area contributed by atoms with Crippen LogP contribution in [0.3, 0.4) is 0 Å². The average Bonchev–Trinajstić information content (AvgIpc) is 3.04. The molecular formula is C20H27N3O2. The number of benzene rings is 1. The first kappa shape index (κ1) is 17.6. The topological polar surface area (TPSA) is 59.2 Å². The van der Waals surface area contributed by atoms with E-state index in [0.717, 1.165) is 44.7 Å². The third-order valence-corrected chi connectivity index (χ3v) is 5.17. The first-order valence-electron chi connectivity index (χ1n) is 9.17. The van der Waals surface area contributed by atoms with Crippen LogP contribution in [0, 0.1) is 20.8 Å². The molecule has 1 fully saturated rings. The molecule has 0 spiro atoms. The summed E-state index contributed by atoms with van der Waals surface area (Å²) in [6.45, 7) is 7.65. The van der Waals surface area contributed by atoms with Gasteiger partial charge in [0.25, 0.3) is 0 Å². The van der Waals surface area contributed by atoms with Gasteiger partial charge in [-0.15, -0.1) is 10.2 Å². The van der Waals surface area contributed by atoms with Gasteiger partial charge in [-0.3, -0.25) is 4.79 Å². The summed E-state index contributed by atoms with van der Waals surface area (Å²) in [6.07, 6.45) is 4.31. The Morgan fingerprint density at radius 1 is 1.16 bits per heavy atom. The number of aryl methyl sites for hydroxylation is 4. The molecule has 0 aliphatic carbocycles. The lowest BCUT2D eigenvalue weighted by Gasteiger charge is -2.30. The van der Waals surface area contributed by atoms with Crippen molar-refractivity contribution in [1.82, 2.24) is 15.1 Å². The van der Waals surface area contributed by atoms with E-state index in [0.29, 0.717) is 18.2 Å². The summed E-state index contributed by atoms with van der Waals surface area (Å²) in [6, 6.07) is 6.57. The predicted molar refractivity (Wildman–Crippen MR) is 96.4 cm³/mol. The Bertz CT molecular complexity index is 730. The van der Waals surface area contributed by atoms with Crippen molar-refractivity contribution >= 4 is 5.91 Å².